The standard InChI is InChI=1S/C19H16N4O3/c1-12-3-2-4-13(9-12)20-18-8-6-15(22-23-18)19(24)21-14-5-7-16-17(10-14)26-11-25-16/h2-10H,11H2,1H3,(H,20,23)(H,21,24). The van der Waals surface area contributed by atoms with Crippen LogP contribution in [-0.2, 0) is 0 Å². The first-order chi connectivity index (χ1) is 12.7. The summed E-state index contributed by atoms with van der Waals surface area (Å²) < 4.78 is 10.5. The molecule has 0 spiro atoms. The Kier molecular flexibility index (Phi) is 4.10. The van der Waals surface area contributed by atoms with Crippen LogP contribution in [0.3, 0.4) is 0 Å². The van der Waals surface area contributed by atoms with Crippen molar-refractivity contribution in [1.29, 1.82) is 0 Å². The topological polar surface area (TPSA) is 85.4 Å². The zero-order valence-electron chi connectivity index (χ0n) is 14.0. The molecule has 1 aliphatic heterocycles. The minimum Gasteiger partial charge on any atom is -0.454 e. The van der Waals surface area contributed by atoms with Gasteiger partial charge in [0, 0.05) is 17.4 Å². The fourth-order valence-corrected chi connectivity index (χ4v) is 2.56. The van der Waals surface area contributed by atoms with Gasteiger partial charge in [-0.3, -0.25) is 4.79 Å². The van der Waals surface area contributed by atoms with Crippen molar-refractivity contribution in [3.8, 4) is 11.5 Å². The molecule has 0 bridgehead atoms. The Labute approximate surface area is 150 Å². The van der Waals surface area contributed by atoms with Crippen molar-refractivity contribution < 1.29 is 14.3 Å². The van der Waals surface area contributed by atoms with E-state index in [1.165, 1.54) is 0 Å². The maximum Gasteiger partial charge on any atom is 0.276 e. The first kappa shape index (κ1) is 15.9. The normalized spacial score (nSPS) is 11.9. The first-order valence-corrected chi connectivity index (χ1v) is 8.06. The summed E-state index contributed by atoms with van der Waals surface area (Å²) in [5.74, 6) is 1.48. The Bertz CT molecular complexity index is 957. The lowest BCUT2D eigenvalue weighted by atomic mass is 10.2. The van der Waals surface area contributed by atoms with E-state index in [0.29, 0.717) is 23.0 Å². The monoisotopic (exact) mass is 348 g/mol. The highest BCUT2D eigenvalue weighted by Gasteiger charge is 2.15. The number of benzene rings is 2. The number of carbonyl (C=O) groups is 1. The van der Waals surface area contributed by atoms with Crippen molar-refractivity contribution in [3.63, 3.8) is 0 Å². The van der Waals surface area contributed by atoms with Gasteiger partial charge in [0.05, 0.1) is 0 Å². The largest absolute Gasteiger partial charge is 0.454 e. The minimum atomic E-state index is -0.349. The van der Waals surface area contributed by atoms with Crippen molar-refractivity contribution in [1.82, 2.24) is 10.2 Å². The van der Waals surface area contributed by atoms with Gasteiger partial charge in [-0.15, -0.1) is 10.2 Å². The number of amides is 1. The number of ether oxygens (including phenoxy) is 2. The van der Waals surface area contributed by atoms with Gasteiger partial charge in [0.1, 0.15) is 0 Å². The zero-order chi connectivity index (χ0) is 17.9. The lowest BCUT2D eigenvalue weighted by molar-refractivity contribution is 0.102. The van der Waals surface area contributed by atoms with Crippen LogP contribution in [0.2, 0.25) is 0 Å². The summed E-state index contributed by atoms with van der Waals surface area (Å²) in [5, 5.41) is 14.0. The van der Waals surface area contributed by atoms with Crippen LogP contribution in [0.1, 0.15) is 16.1 Å². The number of aryl methyl sites for hydroxylation is 1. The smallest absolute Gasteiger partial charge is 0.276 e. The van der Waals surface area contributed by atoms with E-state index in [0.717, 1.165) is 11.3 Å². The number of fused-ring (bicyclic) bond motifs is 1. The summed E-state index contributed by atoms with van der Waals surface area (Å²) in [6.07, 6.45) is 0. The van der Waals surface area contributed by atoms with Crippen LogP contribution in [0.15, 0.2) is 54.6 Å². The van der Waals surface area contributed by atoms with E-state index in [9.17, 15) is 4.79 Å². The molecule has 2 aromatic carbocycles. The number of anilines is 3. The fourth-order valence-electron chi connectivity index (χ4n) is 2.56. The summed E-state index contributed by atoms with van der Waals surface area (Å²) >= 11 is 0. The summed E-state index contributed by atoms with van der Waals surface area (Å²) in [6.45, 7) is 2.20. The second-order valence-electron chi connectivity index (χ2n) is 5.82. The SMILES string of the molecule is Cc1cccc(Nc2ccc(C(=O)Nc3ccc4c(c3)OCO4)nn2)c1. The van der Waals surface area contributed by atoms with Crippen LogP contribution < -0.4 is 20.1 Å². The third-order valence-corrected chi connectivity index (χ3v) is 3.82. The van der Waals surface area contributed by atoms with Crippen molar-refractivity contribution in [2.75, 3.05) is 17.4 Å². The lowest BCUT2D eigenvalue weighted by Crippen LogP contribution is -2.14. The molecule has 130 valence electrons. The number of nitrogens with zero attached hydrogens (tertiary/aromatic N) is 2. The molecule has 7 heteroatoms. The lowest BCUT2D eigenvalue weighted by Gasteiger charge is -2.07. The van der Waals surface area contributed by atoms with Crippen molar-refractivity contribution in [2.45, 2.75) is 6.92 Å². The number of nitrogens with one attached hydrogen (secondary N) is 2. The van der Waals surface area contributed by atoms with E-state index in [-0.39, 0.29) is 18.4 Å². The predicted octanol–water partition coefficient (Wildman–Crippen LogP) is 3.51. The third kappa shape index (κ3) is 3.41. The van der Waals surface area contributed by atoms with Crippen molar-refractivity contribution in [3.05, 3.63) is 65.9 Å². The number of aromatic nitrogens is 2. The Balaban J connectivity index is 1.43. The Hall–Kier alpha value is -3.61. The highest BCUT2D eigenvalue weighted by atomic mass is 16.7. The van der Waals surface area contributed by atoms with Crippen LogP contribution in [-0.4, -0.2) is 22.9 Å². The summed E-state index contributed by atoms with van der Waals surface area (Å²) in [6, 6.07) is 16.4. The van der Waals surface area contributed by atoms with Gasteiger partial charge >= 0.3 is 0 Å². The highest BCUT2D eigenvalue weighted by molar-refractivity contribution is 6.03. The number of hydrogen-bond acceptors (Lipinski definition) is 6. The van der Waals surface area contributed by atoms with Crippen LogP contribution in [0.5, 0.6) is 11.5 Å². The van der Waals surface area contributed by atoms with Gasteiger partial charge in [-0.25, -0.2) is 0 Å². The molecular formula is C19H16N4O3. The van der Waals surface area contributed by atoms with Gasteiger partial charge in [0.2, 0.25) is 6.79 Å². The molecule has 26 heavy (non-hydrogen) atoms. The minimum absolute atomic E-state index is 0.188. The molecule has 0 unspecified atom stereocenters. The van der Waals surface area contributed by atoms with E-state index >= 15 is 0 Å². The second-order valence-corrected chi connectivity index (χ2v) is 5.82. The number of rotatable bonds is 4. The first-order valence-electron chi connectivity index (χ1n) is 8.06. The fraction of sp³-hybridized carbons (Fsp3) is 0.105. The van der Waals surface area contributed by atoms with E-state index in [2.05, 4.69) is 20.8 Å². The molecule has 1 amide bonds. The van der Waals surface area contributed by atoms with Gasteiger partial charge in [-0.1, -0.05) is 12.1 Å². The quantitative estimate of drug-likeness (QED) is 0.750. The summed E-state index contributed by atoms with van der Waals surface area (Å²) in [5.41, 5.74) is 2.88. The molecule has 1 aliphatic rings. The van der Waals surface area contributed by atoms with E-state index in [4.69, 9.17) is 9.47 Å². The van der Waals surface area contributed by atoms with Gasteiger partial charge in [0.15, 0.2) is 23.0 Å². The Morgan fingerprint density at radius 2 is 1.85 bits per heavy atom. The molecule has 0 saturated heterocycles. The van der Waals surface area contributed by atoms with Gasteiger partial charge in [-0.2, -0.15) is 0 Å². The molecule has 0 saturated carbocycles. The van der Waals surface area contributed by atoms with Crippen LogP contribution in [0.4, 0.5) is 17.2 Å². The van der Waals surface area contributed by atoms with Crippen LogP contribution in [0, 0.1) is 6.92 Å². The molecule has 3 aromatic rings. The summed E-state index contributed by atoms with van der Waals surface area (Å²) in [7, 11) is 0. The van der Waals surface area contributed by atoms with Crippen molar-refractivity contribution in [2.24, 2.45) is 0 Å². The van der Waals surface area contributed by atoms with Gasteiger partial charge in [0.25, 0.3) is 5.91 Å². The molecule has 1 aromatic heterocycles. The average molecular weight is 348 g/mol. The average Bonchev–Trinajstić information content (AvgIpc) is 3.10. The molecule has 0 atom stereocenters. The molecule has 0 fully saturated rings. The predicted molar refractivity (Wildman–Crippen MR) is 97.0 cm³/mol. The van der Waals surface area contributed by atoms with E-state index in [1.54, 1.807) is 30.3 Å². The molecule has 0 radical (unpaired) electrons. The van der Waals surface area contributed by atoms with Crippen LogP contribution >= 0.6 is 0 Å². The van der Waals surface area contributed by atoms with Crippen molar-refractivity contribution >= 4 is 23.1 Å². The Morgan fingerprint density at radius 3 is 2.65 bits per heavy atom. The maximum absolute atomic E-state index is 12.3. The summed E-state index contributed by atoms with van der Waals surface area (Å²) in [4.78, 5) is 12.3. The molecule has 2 N–H and O–H groups in total. The maximum atomic E-state index is 12.3. The van der Waals surface area contributed by atoms with Gasteiger partial charge in [-0.05, 0) is 48.9 Å². The number of carbonyl (C=O) groups excluding carboxylic acids is 1. The molecule has 4 rings (SSSR count). The molecule has 7 nitrogen and oxygen atoms in total. The zero-order valence-corrected chi connectivity index (χ0v) is 14.0. The van der Waals surface area contributed by atoms with Crippen LogP contribution in [0.25, 0.3) is 0 Å². The highest BCUT2D eigenvalue weighted by Crippen LogP contribution is 2.34. The van der Waals surface area contributed by atoms with E-state index < -0.39 is 0 Å². The molecular weight excluding hydrogens is 332 g/mol. The number of hydrogen-bond donors (Lipinski definition) is 2. The Morgan fingerprint density at radius 1 is 0.962 bits per heavy atom. The molecule has 0 aliphatic carbocycles. The second kappa shape index (κ2) is 6.72. The third-order valence-electron chi connectivity index (χ3n) is 3.82. The molecule has 2 heterocycles. The van der Waals surface area contributed by atoms with Gasteiger partial charge < -0.3 is 20.1 Å². The van der Waals surface area contributed by atoms with E-state index in [1.807, 2.05) is 31.2 Å².